The summed E-state index contributed by atoms with van der Waals surface area (Å²) in [5, 5.41) is 0. The van der Waals surface area contributed by atoms with E-state index < -0.39 is 0 Å². The molecule has 1 fully saturated rings. The van der Waals surface area contributed by atoms with Gasteiger partial charge >= 0.3 is 0 Å². The van der Waals surface area contributed by atoms with Gasteiger partial charge in [-0.15, -0.1) is 0 Å². The second-order valence-corrected chi connectivity index (χ2v) is 6.99. The molecule has 104 valence electrons. The minimum absolute atomic E-state index is 0.263. The number of alkyl halides is 1. The lowest BCUT2D eigenvalue weighted by atomic mass is 9.85. The van der Waals surface area contributed by atoms with Gasteiger partial charge < -0.3 is 4.90 Å². The first-order chi connectivity index (χ1) is 9.04. The fraction of sp³-hybridized carbons (Fsp3) is 0.562. The van der Waals surface area contributed by atoms with Crippen LogP contribution >= 0.6 is 15.9 Å². The normalized spacial score (nSPS) is 21.8. The van der Waals surface area contributed by atoms with Gasteiger partial charge in [0.25, 0.3) is 0 Å². The Balaban J connectivity index is 1.72. The second-order valence-electron chi connectivity index (χ2n) is 5.69. The Labute approximate surface area is 124 Å². The molecule has 1 amide bonds. The Morgan fingerprint density at radius 3 is 2.53 bits per heavy atom. The number of halogens is 1. The maximum atomic E-state index is 12.1. The van der Waals surface area contributed by atoms with Crippen molar-refractivity contribution in [2.45, 2.75) is 37.4 Å². The highest BCUT2D eigenvalue weighted by Crippen LogP contribution is 2.33. The van der Waals surface area contributed by atoms with Gasteiger partial charge in [0.1, 0.15) is 0 Å². The zero-order valence-electron chi connectivity index (χ0n) is 11.7. The van der Waals surface area contributed by atoms with Crippen LogP contribution in [-0.2, 0) is 11.2 Å². The molecule has 0 radical (unpaired) electrons. The van der Waals surface area contributed by atoms with E-state index in [1.807, 2.05) is 11.9 Å². The third-order valence-electron chi connectivity index (χ3n) is 3.88. The Hall–Kier alpha value is -0.830. The maximum Gasteiger partial charge on any atom is 0.222 e. The first-order valence-corrected chi connectivity index (χ1v) is 7.89. The van der Waals surface area contributed by atoms with E-state index in [1.54, 1.807) is 0 Å². The summed E-state index contributed by atoms with van der Waals surface area (Å²) in [6.07, 6.45) is 3.87. The van der Waals surface area contributed by atoms with E-state index in [4.69, 9.17) is 0 Å². The minimum Gasteiger partial charge on any atom is -0.345 e. The summed E-state index contributed by atoms with van der Waals surface area (Å²) < 4.78 is 0. The van der Waals surface area contributed by atoms with Gasteiger partial charge in [0.05, 0.1) is 0 Å². The maximum absolute atomic E-state index is 12.1. The van der Waals surface area contributed by atoms with Crippen LogP contribution in [0.3, 0.4) is 0 Å². The molecule has 0 heterocycles. The largest absolute Gasteiger partial charge is 0.345 e. The summed E-state index contributed by atoms with van der Waals surface area (Å²) in [5.74, 6) is 0.955. The molecule has 0 aliphatic heterocycles. The van der Waals surface area contributed by atoms with Crippen molar-refractivity contribution in [3.63, 3.8) is 0 Å². The highest BCUT2D eigenvalue weighted by molar-refractivity contribution is 9.09. The van der Waals surface area contributed by atoms with Crippen LogP contribution < -0.4 is 0 Å². The van der Waals surface area contributed by atoms with Crippen LogP contribution in [0.25, 0.3) is 0 Å². The zero-order valence-corrected chi connectivity index (χ0v) is 13.3. The highest BCUT2D eigenvalue weighted by atomic mass is 79.9. The molecule has 3 heteroatoms. The van der Waals surface area contributed by atoms with Crippen molar-refractivity contribution in [1.29, 1.82) is 0 Å². The van der Waals surface area contributed by atoms with Crippen LogP contribution in [0.5, 0.6) is 0 Å². The monoisotopic (exact) mass is 323 g/mol. The molecule has 1 aliphatic rings. The lowest BCUT2D eigenvalue weighted by Crippen LogP contribution is -2.37. The fourth-order valence-corrected chi connectivity index (χ4v) is 3.55. The predicted molar refractivity (Wildman–Crippen MR) is 82.6 cm³/mol. The van der Waals surface area contributed by atoms with Crippen LogP contribution in [-0.4, -0.2) is 29.2 Å². The van der Waals surface area contributed by atoms with Crippen LogP contribution in [0.1, 0.15) is 30.4 Å². The van der Waals surface area contributed by atoms with Gasteiger partial charge in [-0.1, -0.05) is 45.8 Å². The number of carbonyl (C=O) groups is 1. The van der Waals surface area contributed by atoms with Crippen molar-refractivity contribution in [1.82, 2.24) is 4.90 Å². The van der Waals surface area contributed by atoms with Crippen molar-refractivity contribution in [2.75, 3.05) is 13.6 Å². The lowest BCUT2D eigenvalue weighted by molar-refractivity contribution is -0.130. The van der Waals surface area contributed by atoms with E-state index in [2.05, 4.69) is 47.1 Å². The summed E-state index contributed by atoms with van der Waals surface area (Å²) in [6, 6.07) is 8.44. The Morgan fingerprint density at radius 1 is 1.32 bits per heavy atom. The van der Waals surface area contributed by atoms with Crippen LogP contribution in [0.4, 0.5) is 0 Å². The molecule has 0 atom stereocenters. The van der Waals surface area contributed by atoms with E-state index in [0.29, 0.717) is 17.2 Å². The molecular weight excluding hydrogens is 302 g/mol. The van der Waals surface area contributed by atoms with Gasteiger partial charge in [0.2, 0.25) is 5.91 Å². The minimum atomic E-state index is 0.263. The Kier molecular flexibility index (Phi) is 5.03. The van der Waals surface area contributed by atoms with Crippen LogP contribution in [0.15, 0.2) is 24.3 Å². The quantitative estimate of drug-likeness (QED) is 0.759. The molecule has 0 unspecified atom stereocenters. The number of aryl methyl sites for hydroxylation is 2. The number of hydrogen-bond donors (Lipinski definition) is 0. The first kappa shape index (κ1) is 14.6. The van der Waals surface area contributed by atoms with Crippen LogP contribution in [0.2, 0.25) is 0 Å². The smallest absolute Gasteiger partial charge is 0.222 e. The first-order valence-electron chi connectivity index (χ1n) is 6.98. The number of amides is 1. The molecule has 1 saturated carbocycles. The summed E-state index contributed by atoms with van der Waals surface area (Å²) >= 11 is 3.59. The summed E-state index contributed by atoms with van der Waals surface area (Å²) in [4.78, 5) is 14.6. The number of rotatable bonds is 5. The van der Waals surface area contributed by atoms with Gasteiger partial charge in [-0.05, 0) is 37.7 Å². The number of benzene rings is 1. The van der Waals surface area contributed by atoms with Crippen molar-refractivity contribution in [3.8, 4) is 0 Å². The average Bonchev–Trinajstić information content (AvgIpc) is 2.35. The third-order valence-corrected chi connectivity index (χ3v) is 4.63. The molecule has 0 bridgehead atoms. The number of carbonyl (C=O) groups excluding carboxylic acids is 1. The van der Waals surface area contributed by atoms with Crippen molar-refractivity contribution in [2.24, 2.45) is 5.92 Å². The van der Waals surface area contributed by atoms with Gasteiger partial charge in [0, 0.05) is 24.8 Å². The molecular formula is C16H22BrNO. The van der Waals surface area contributed by atoms with Gasteiger partial charge in [-0.2, -0.15) is 0 Å². The molecule has 2 nitrogen and oxygen atoms in total. The number of nitrogens with zero attached hydrogens (tertiary/aromatic N) is 1. The summed E-state index contributed by atoms with van der Waals surface area (Å²) in [6.45, 7) is 2.99. The van der Waals surface area contributed by atoms with Crippen molar-refractivity contribution >= 4 is 21.8 Å². The number of hydrogen-bond acceptors (Lipinski definition) is 1. The fourth-order valence-electron chi connectivity index (χ4n) is 2.49. The van der Waals surface area contributed by atoms with Gasteiger partial charge in [-0.3, -0.25) is 4.79 Å². The molecule has 0 aromatic heterocycles. The van der Waals surface area contributed by atoms with E-state index in [1.165, 1.54) is 24.0 Å². The van der Waals surface area contributed by atoms with Crippen LogP contribution in [0, 0.1) is 12.8 Å². The molecule has 1 aromatic carbocycles. The molecule has 1 aliphatic carbocycles. The second kappa shape index (κ2) is 6.56. The topological polar surface area (TPSA) is 20.3 Å². The standard InChI is InChI=1S/C16H22BrNO/c1-12-3-5-13(6-4-12)7-8-16(19)18(2)11-14-9-15(17)10-14/h3-6,14-15H,7-11H2,1-2H3. The van der Waals surface area contributed by atoms with E-state index in [0.717, 1.165) is 13.0 Å². The van der Waals surface area contributed by atoms with Gasteiger partial charge in [-0.25, -0.2) is 0 Å². The predicted octanol–water partition coefficient (Wildman–Crippen LogP) is 3.56. The molecule has 1 aromatic rings. The Morgan fingerprint density at radius 2 is 1.95 bits per heavy atom. The SMILES string of the molecule is Cc1ccc(CCC(=O)N(C)CC2CC(Br)C2)cc1. The zero-order chi connectivity index (χ0) is 13.8. The van der Waals surface area contributed by atoms with E-state index in [-0.39, 0.29) is 5.91 Å². The summed E-state index contributed by atoms with van der Waals surface area (Å²) in [5.41, 5.74) is 2.51. The molecule has 0 saturated heterocycles. The third kappa shape index (κ3) is 4.34. The Bertz CT molecular complexity index is 423. The average molecular weight is 324 g/mol. The van der Waals surface area contributed by atoms with Gasteiger partial charge in [0.15, 0.2) is 0 Å². The highest BCUT2D eigenvalue weighted by Gasteiger charge is 2.28. The molecule has 2 rings (SSSR count). The van der Waals surface area contributed by atoms with E-state index >= 15 is 0 Å². The van der Waals surface area contributed by atoms with Crippen molar-refractivity contribution in [3.05, 3.63) is 35.4 Å². The molecule has 0 spiro atoms. The lowest BCUT2D eigenvalue weighted by Gasteiger charge is -2.34. The molecule has 0 N–H and O–H groups in total. The molecule has 19 heavy (non-hydrogen) atoms. The summed E-state index contributed by atoms with van der Waals surface area (Å²) in [7, 11) is 1.93. The van der Waals surface area contributed by atoms with Crippen molar-refractivity contribution < 1.29 is 4.79 Å². The van der Waals surface area contributed by atoms with E-state index in [9.17, 15) is 4.79 Å².